The first-order chi connectivity index (χ1) is 12.0. The molecule has 0 radical (unpaired) electrons. The molecule has 0 saturated carbocycles. The Morgan fingerprint density at radius 2 is 1.84 bits per heavy atom. The molecule has 2 aromatic rings. The van der Waals surface area contributed by atoms with E-state index in [1.807, 2.05) is 41.8 Å². The van der Waals surface area contributed by atoms with E-state index in [1.54, 1.807) is 18.3 Å². The van der Waals surface area contributed by atoms with Crippen LogP contribution in [0.1, 0.15) is 37.1 Å². The topological polar surface area (TPSA) is 64.6 Å². The quantitative estimate of drug-likeness (QED) is 0.731. The Bertz CT molecular complexity index is 680. The summed E-state index contributed by atoms with van der Waals surface area (Å²) in [5.41, 5.74) is 1.20. The van der Waals surface area contributed by atoms with Crippen LogP contribution in [0, 0.1) is 0 Å². The summed E-state index contributed by atoms with van der Waals surface area (Å²) in [7, 11) is 0. The molecular weight excluding hydrogens is 338 g/mol. The molecule has 1 N–H and O–H groups in total. The molecule has 0 aliphatic heterocycles. The van der Waals surface area contributed by atoms with Gasteiger partial charge in [0.25, 0.3) is 5.91 Å². The molecule has 5 nitrogen and oxygen atoms in total. The fraction of sp³-hybridized carbons (Fsp3) is 0.368. The van der Waals surface area contributed by atoms with Crippen LogP contribution in [0.5, 0.6) is 5.75 Å². The van der Waals surface area contributed by atoms with E-state index in [2.05, 4.69) is 19.2 Å². The number of nitrogens with one attached hydrogen (secondary N) is 1. The summed E-state index contributed by atoms with van der Waals surface area (Å²) >= 11 is 1.56. The highest BCUT2D eigenvalue weighted by atomic mass is 32.1. The maximum Gasteiger partial charge on any atom is 0.344 e. The van der Waals surface area contributed by atoms with Gasteiger partial charge in [-0.05, 0) is 42.0 Å². The second-order valence-electron chi connectivity index (χ2n) is 5.94. The Hall–Kier alpha value is -2.34. The highest BCUT2D eigenvalue weighted by Gasteiger charge is 2.18. The van der Waals surface area contributed by atoms with Gasteiger partial charge in [0.05, 0.1) is 6.54 Å². The van der Waals surface area contributed by atoms with Crippen LogP contribution in [0.2, 0.25) is 0 Å². The van der Waals surface area contributed by atoms with Crippen molar-refractivity contribution < 1.29 is 19.1 Å². The first-order valence-corrected chi connectivity index (χ1v) is 9.06. The molecule has 0 saturated heterocycles. The number of amides is 1. The SMILES string of the molecule is CC(C)c1ccc(OCC(=O)O[C@@H](C)C(=O)NCc2cccs2)cc1. The lowest BCUT2D eigenvalue weighted by molar-refractivity contribution is -0.156. The summed E-state index contributed by atoms with van der Waals surface area (Å²) in [6.07, 6.45) is -0.862. The van der Waals surface area contributed by atoms with Crippen LogP contribution in [0.15, 0.2) is 41.8 Å². The lowest BCUT2D eigenvalue weighted by Crippen LogP contribution is -2.36. The summed E-state index contributed by atoms with van der Waals surface area (Å²) in [4.78, 5) is 24.8. The van der Waals surface area contributed by atoms with Gasteiger partial charge in [0.2, 0.25) is 0 Å². The number of rotatable bonds is 8. The molecule has 2 rings (SSSR count). The maximum absolute atomic E-state index is 11.9. The van der Waals surface area contributed by atoms with Crippen molar-refractivity contribution in [3.8, 4) is 5.75 Å². The van der Waals surface area contributed by atoms with Gasteiger partial charge in [0.15, 0.2) is 12.7 Å². The fourth-order valence-corrected chi connectivity index (χ4v) is 2.75. The van der Waals surface area contributed by atoms with Gasteiger partial charge in [-0.2, -0.15) is 0 Å². The highest BCUT2D eigenvalue weighted by molar-refractivity contribution is 7.09. The molecular formula is C19H23NO4S. The average Bonchev–Trinajstić information content (AvgIpc) is 3.11. The van der Waals surface area contributed by atoms with Crippen LogP contribution >= 0.6 is 11.3 Å². The molecule has 25 heavy (non-hydrogen) atoms. The molecule has 134 valence electrons. The summed E-state index contributed by atoms with van der Waals surface area (Å²) in [5, 5.41) is 4.67. The van der Waals surface area contributed by atoms with Crippen molar-refractivity contribution in [2.45, 2.75) is 39.3 Å². The standard InChI is InChI=1S/C19H23NO4S/c1-13(2)15-6-8-16(9-7-15)23-12-18(21)24-14(3)19(22)20-11-17-5-4-10-25-17/h4-10,13-14H,11-12H2,1-3H3,(H,20,22)/t14-/m0/s1. The maximum atomic E-state index is 11.9. The van der Waals surface area contributed by atoms with Crippen LogP contribution in [-0.2, 0) is 20.9 Å². The van der Waals surface area contributed by atoms with Crippen LogP contribution < -0.4 is 10.1 Å². The van der Waals surface area contributed by atoms with Crippen LogP contribution in [0.25, 0.3) is 0 Å². The van der Waals surface area contributed by atoms with Crippen LogP contribution in [0.4, 0.5) is 0 Å². The van der Waals surface area contributed by atoms with Gasteiger partial charge in [-0.15, -0.1) is 11.3 Å². The molecule has 1 aromatic carbocycles. The van der Waals surface area contributed by atoms with Gasteiger partial charge >= 0.3 is 5.97 Å². The number of benzene rings is 1. The first-order valence-electron chi connectivity index (χ1n) is 8.18. The molecule has 1 atom stereocenters. The zero-order valence-electron chi connectivity index (χ0n) is 14.7. The molecule has 0 fully saturated rings. The smallest absolute Gasteiger partial charge is 0.344 e. The van der Waals surface area contributed by atoms with Crippen molar-refractivity contribution in [2.75, 3.05) is 6.61 Å². The number of hydrogen-bond acceptors (Lipinski definition) is 5. The lowest BCUT2D eigenvalue weighted by Gasteiger charge is -2.14. The summed E-state index contributed by atoms with van der Waals surface area (Å²) in [6.45, 7) is 5.95. The number of esters is 1. The van der Waals surface area contributed by atoms with Crippen molar-refractivity contribution in [3.63, 3.8) is 0 Å². The van der Waals surface area contributed by atoms with Gasteiger partial charge < -0.3 is 14.8 Å². The predicted octanol–water partition coefficient (Wildman–Crippen LogP) is 3.50. The van der Waals surface area contributed by atoms with Gasteiger partial charge in [0.1, 0.15) is 5.75 Å². The third-order valence-electron chi connectivity index (χ3n) is 3.60. The van der Waals surface area contributed by atoms with E-state index in [0.717, 1.165) is 4.88 Å². The number of carbonyl (C=O) groups excluding carboxylic acids is 2. The Labute approximate surface area is 152 Å². The van der Waals surface area contributed by atoms with Crippen molar-refractivity contribution in [1.29, 1.82) is 0 Å². The average molecular weight is 361 g/mol. The number of hydrogen-bond donors (Lipinski definition) is 1. The number of carbonyl (C=O) groups is 2. The van der Waals surface area contributed by atoms with Crippen LogP contribution in [0.3, 0.4) is 0 Å². The van der Waals surface area contributed by atoms with Crippen molar-refractivity contribution >= 4 is 23.2 Å². The molecule has 1 amide bonds. The van der Waals surface area contributed by atoms with E-state index in [-0.39, 0.29) is 12.5 Å². The molecule has 6 heteroatoms. The Balaban J connectivity index is 1.72. The predicted molar refractivity (Wildman–Crippen MR) is 97.7 cm³/mol. The lowest BCUT2D eigenvalue weighted by atomic mass is 10.0. The molecule has 0 spiro atoms. The van der Waals surface area contributed by atoms with Crippen molar-refractivity contribution in [2.24, 2.45) is 0 Å². The van der Waals surface area contributed by atoms with Gasteiger partial charge in [-0.3, -0.25) is 4.79 Å². The molecule has 0 unspecified atom stereocenters. The van der Waals surface area contributed by atoms with Crippen molar-refractivity contribution in [3.05, 3.63) is 52.2 Å². The van der Waals surface area contributed by atoms with Crippen molar-refractivity contribution in [1.82, 2.24) is 5.32 Å². The van der Waals surface area contributed by atoms with E-state index in [9.17, 15) is 9.59 Å². The monoisotopic (exact) mass is 361 g/mol. The zero-order chi connectivity index (χ0) is 18.2. The van der Waals surface area contributed by atoms with E-state index < -0.39 is 12.1 Å². The molecule has 0 aliphatic carbocycles. The Morgan fingerprint density at radius 1 is 1.12 bits per heavy atom. The molecule has 1 aromatic heterocycles. The first kappa shape index (κ1) is 19.0. The minimum atomic E-state index is -0.862. The summed E-state index contributed by atoms with van der Waals surface area (Å²) < 4.78 is 10.5. The fourth-order valence-electron chi connectivity index (χ4n) is 2.11. The minimum absolute atomic E-state index is 0.233. The largest absolute Gasteiger partial charge is 0.482 e. The Kier molecular flexibility index (Phi) is 7.01. The second kappa shape index (κ2) is 9.22. The van der Waals surface area contributed by atoms with E-state index in [1.165, 1.54) is 5.56 Å². The van der Waals surface area contributed by atoms with E-state index in [0.29, 0.717) is 18.2 Å². The zero-order valence-corrected chi connectivity index (χ0v) is 15.5. The van der Waals surface area contributed by atoms with Gasteiger partial charge in [0, 0.05) is 4.88 Å². The number of ether oxygens (including phenoxy) is 2. The van der Waals surface area contributed by atoms with E-state index >= 15 is 0 Å². The minimum Gasteiger partial charge on any atom is -0.482 e. The highest BCUT2D eigenvalue weighted by Crippen LogP contribution is 2.18. The Morgan fingerprint density at radius 3 is 2.44 bits per heavy atom. The molecule has 0 bridgehead atoms. The van der Waals surface area contributed by atoms with E-state index in [4.69, 9.17) is 9.47 Å². The van der Waals surface area contributed by atoms with Crippen LogP contribution in [-0.4, -0.2) is 24.6 Å². The van der Waals surface area contributed by atoms with Gasteiger partial charge in [-0.25, -0.2) is 4.79 Å². The summed E-state index contributed by atoms with van der Waals surface area (Å²) in [5.74, 6) is 0.124. The molecule has 1 heterocycles. The summed E-state index contributed by atoms with van der Waals surface area (Å²) in [6, 6.07) is 11.4. The second-order valence-corrected chi connectivity index (χ2v) is 6.97. The third-order valence-corrected chi connectivity index (χ3v) is 4.47. The third kappa shape index (κ3) is 6.23. The molecule has 0 aliphatic rings. The normalized spacial score (nSPS) is 11.8. The van der Waals surface area contributed by atoms with Gasteiger partial charge in [-0.1, -0.05) is 32.0 Å². The number of thiophene rings is 1.